The first-order chi connectivity index (χ1) is 13.5. The molecule has 1 aromatic rings. The largest absolute Gasteiger partial charge is 0.493 e. The maximum absolute atomic E-state index is 12.9. The number of rotatable bonds is 8. The van der Waals surface area contributed by atoms with E-state index in [4.69, 9.17) is 9.47 Å². The van der Waals surface area contributed by atoms with Gasteiger partial charge in [0.1, 0.15) is 6.29 Å². The second kappa shape index (κ2) is 9.24. The zero-order chi connectivity index (χ0) is 20.1. The molecule has 1 unspecified atom stereocenters. The molecule has 0 saturated heterocycles. The van der Waals surface area contributed by atoms with E-state index in [2.05, 4.69) is 5.32 Å². The van der Waals surface area contributed by atoms with E-state index in [1.165, 1.54) is 12.8 Å². The van der Waals surface area contributed by atoms with Crippen molar-refractivity contribution in [3.63, 3.8) is 0 Å². The summed E-state index contributed by atoms with van der Waals surface area (Å²) in [6.45, 7) is 0.664. The van der Waals surface area contributed by atoms with Gasteiger partial charge in [0.2, 0.25) is 0 Å². The molecule has 2 aliphatic carbocycles. The standard InChI is InChI=1S/C22H30N2O4/c1-24(2)13-18-16(14-25)8-10-19(18)23-22(26)15-9-11-20(27-3)21(12-15)28-17-6-4-5-7-17/h9,11-12,14,16-17H,4-8,10,13H2,1-3H3,(H,23,26). The van der Waals surface area contributed by atoms with E-state index in [1.54, 1.807) is 25.3 Å². The SMILES string of the molecule is COc1ccc(C(=O)NC2=C(CN(C)C)C(C=O)CC2)cc1OC1CCCC1. The summed E-state index contributed by atoms with van der Waals surface area (Å²) >= 11 is 0. The number of benzene rings is 1. The Morgan fingerprint density at radius 3 is 2.61 bits per heavy atom. The quantitative estimate of drug-likeness (QED) is 0.695. The predicted molar refractivity (Wildman–Crippen MR) is 108 cm³/mol. The second-order valence-electron chi connectivity index (χ2n) is 7.87. The fraction of sp³-hybridized carbons (Fsp3) is 0.545. The lowest BCUT2D eigenvalue weighted by atomic mass is 10.0. The summed E-state index contributed by atoms with van der Waals surface area (Å²) in [6.07, 6.45) is 7.05. The smallest absolute Gasteiger partial charge is 0.255 e. The Hall–Kier alpha value is -2.34. The molecule has 0 bridgehead atoms. The van der Waals surface area contributed by atoms with E-state index < -0.39 is 0 Å². The highest BCUT2D eigenvalue weighted by atomic mass is 16.5. The lowest BCUT2D eigenvalue weighted by Gasteiger charge is -2.18. The molecule has 1 saturated carbocycles. The number of aldehydes is 1. The van der Waals surface area contributed by atoms with E-state index in [0.717, 1.165) is 36.8 Å². The van der Waals surface area contributed by atoms with Gasteiger partial charge in [-0.15, -0.1) is 0 Å². The predicted octanol–water partition coefficient (Wildman–Crippen LogP) is 3.17. The molecule has 6 heteroatoms. The molecule has 0 aliphatic heterocycles. The second-order valence-corrected chi connectivity index (χ2v) is 7.87. The molecule has 2 aliphatic rings. The van der Waals surface area contributed by atoms with Crippen molar-refractivity contribution in [1.29, 1.82) is 0 Å². The highest BCUT2D eigenvalue weighted by Crippen LogP contribution is 2.33. The summed E-state index contributed by atoms with van der Waals surface area (Å²) in [5, 5.41) is 3.03. The number of allylic oxidation sites excluding steroid dienone is 1. The van der Waals surface area contributed by atoms with Crippen molar-refractivity contribution in [2.75, 3.05) is 27.7 Å². The normalized spacial score (nSPS) is 19.9. The van der Waals surface area contributed by atoms with Crippen molar-refractivity contribution in [2.45, 2.75) is 44.6 Å². The van der Waals surface area contributed by atoms with Gasteiger partial charge in [-0.3, -0.25) is 4.79 Å². The maximum atomic E-state index is 12.9. The van der Waals surface area contributed by atoms with Gasteiger partial charge in [-0.2, -0.15) is 0 Å². The zero-order valence-corrected chi connectivity index (χ0v) is 17.0. The van der Waals surface area contributed by atoms with Crippen molar-refractivity contribution in [3.05, 3.63) is 35.0 Å². The highest BCUT2D eigenvalue weighted by molar-refractivity contribution is 5.96. The fourth-order valence-corrected chi connectivity index (χ4v) is 4.01. The average Bonchev–Trinajstić information content (AvgIpc) is 3.31. The summed E-state index contributed by atoms with van der Waals surface area (Å²) in [4.78, 5) is 26.3. The summed E-state index contributed by atoms with van der Waals surface area (Å²) in [6, 6.07) is 5.27. The molecule has 152 valence electrons. The number of amides is 1. The third-order valence-corrected chi connectivity index (χ3v) is 5.48. The number of nitrogens with zero attached hydrogens (tertiary/aromatic N) is 1. The van der Waals surface area contributed by atoms with Crippen LogP contribution >= 0.6 is 0 Å². The minimum Gasteiger partial charge on any atom is -0.493 e. The Labute approximate surface area is 166 Å². The fourth-order valence-electron chi connectivity index (χ4n) is 4.01. The molecule has 1 aromatic carbocycles. The summed E-state index contributed by atoms with van der Waals surface area (Å²) in [5.74, 6) is 0.950. The summed E-state index contributed by atoms with van der Waals surface area (Å²) < 4.78 is 11.5. The molecule has 28 heavy (non-hydrogen) atoms. The van der Waals surface area contributed by atoms with E-state index in [1.807, 2.05) is 19.0 Å². The highest BCUT2D eigenvalue weighted by Gasteiger charge is 2.27. The molecular formula is C22H30N2O4. The van der Waals surface area contributed by atoms with Gasteiger partial charge in [0.15, 0.2) is 11.5 Å². The summed E-state index contributed by atoms with van der Waals surface area (Å²) in [7, 11) is 5.53. The van der Waals surface area contributed by atoms with Gasteiger partial charge in [-0.25, -0.2) is 0 Å². The molecule has 1 N–H and O–H groups in total. The Morgan fingerprint density at radius 1 is 1.21 bits per heavy atom. The number of nitrogens with one attached hydrogen (secondary N) is 1. The number of methoxy groups -OCH3 is 1. The number of hydrogen-bond donors (Lipinski definition) is 1. The molecule has 0 heterocycles. The van der Waals surface area contributed by atoms with E-state index in [9.17, 15) is 9.59 Å². The van der Waals surface area contributed by atoms with Crippen LogP contribution in [-0.2, 0) is 4.79 Å². The molecule has 0 radical (unpaired) electrons. The first kappa shape index (κ1) is 20.4. The molecule has 3 rings (SSSR count). The van der Waals surface area contributed by atoms with E-state index in [-0.39, 0.29) is 17.9 Å². The van der Waals surface area contributed by atoms with Crippen LogP contribution in [0.2, 0.25) is 0 Å². The van der Waals surface area contributed by atoms with Crippen LogP contribution in [0.5, 0.6) is 11.5 Å². The molecule has 6 nitrogen and oxygen atoms in total. The van der Waals surface area contributed by atoms with Gasteiger partial charge >= 0.3 is 0 Å². The van der Waals surface area contributed by atoms with Crippen molar-refractivity contribution < 1.29 is 19.1 Å². The van der Waals surface area contributed by atoms with E-state index >= 15 is 0 Å². The molecule has 0 spiro atoms. The monoisotopic (exact) mass is 386 g/mol. The maximum Gasteiger partial charge on any atom is 0.255 e. The van der Waals surface area contributed by atoms with Crippen LogP contribution in [0.25, 0.3) is 0 Å². The first-order valence-electron chi connectivity index (χ1n) is 9.99. The number of likely N-dealkylation sites (N-methyl/N-ethyl adjacent to an activating group) is 1. The number of carbonyl (C=O) groups is 2. The van der Waals surface area contributed by atoms with Gasteiger partial charge in [0, 0.05) is 23.7 Å². The van der Waals surface area contributed by atoms with Crippen LogP contribution in [0.3, 0.4) is 0 Å². The van der Waals surface area contributed by atoms with Crippen molar-refractivity contribution in [2.24, 2.45) is 5.92 Å². The van der Waals surface area contributed by atoms with Crippen molar-refractivity contribution >= 4 is 12.2 Å². The van der Waals surface area contributed by atoms with Crippen LogP contribution in [-0.4, -0.2) is 50.9 Å². The molecule has 1 fully saturated rings. The Morgan fingerprint density at radius 2 is 1.96 bits per heavy atom. The topological polar surface area (TPSA) is 67.9 Å². The van der Waals surface area contributed by atoms with Gasteiger partial charge in [0.05, 0.1) is 13.2 Å². The van der Waals surface area contributed by atoms with Crippen LogP contribution in [0, 0.1) is 5.92 Å². The third kappa shape index (κ3) is 4.73. The Kier molecular flexibility index (Phi) is 6.73. The van der Waals surface area contributed by atoms with Crippen molar-refractivity contribution in [1.82, 2.24) is 10.2 Å². The lowest BCUT2D eigenvalue weighted by molar-refractivity contribution is -0.110. The zero-order valence-electron chi connectivity index (χ0n) is 17.0. The Bertz CT molecular complexity index is 751. The van der Waals surface area contributed by atoms with Crippen molar-refractivity contribution in [3.8, 4) is 11.5 Å². The van der Waals surface area contributed by atoms with Gasteiger partial charge in [0.25, 0.3) is 5.91 Å². The van der Waals surface area contributed by atoms with Gasteiger partial charge in [-0.1, -0.05) is 0 Å². The lowest BCUT2D eigenvalue weighted by Crippen LogP contribution is -2.26. The average molecular weight is 386 g/mol. The number of carbonyl (C=O) groups excluding carboxylic acids is 2. The molecule has 0 aromatic heterocycles. The van der Waals surface area contributed by atoms with Gasteiger partial charge in [-0.05, 0) is 76.4 Å². The first-order valence-corrected chi connectivity index (χ1v) is 9.99. The van der Waals surface area contributed by atoms with Crippen LogP contribution in [0.1, 0.15) is 48.9 Å². The van der Waals surface area contributed by atoms with Gasteiger partial charge < -0.3 is 24.5 Å². The van der Waals surface area contributed by atoms with Crippen LogP contribution in [0.4, 0.5) is 0 Å². The molecule has 1 atom stereocenters. The molecular weight excluding hydrogens is 356 g/mol. The minimum atomic E-state index is -0.184. The van der Waals surface area contributed by atoms with Crippen LogP contribution in [0.15, 0.2) is 29.5 Å². The summed E-state index contributed by atoms with van der Waals surface area (Å²) in [5.41, 5.74) is 2.40. The number of hydrogen-bond acceptors (Lipinski definition) is 5. The Balaban J connectivity index is 1.78. The minimum absolute atomic E-state index is 0.116. The van der Waals surface area contributed by atoms with E-state index in [0.29, 0.717) is 30.0 Å². The van der Waals surface area contributed by atoms with Crippen LogP contribution < -0.4 is 14.8 Å². The number of ether oxygens (including phenoxy) is 2. The molecule has 1 amide bonds. The third-order valence-electron chi connectivity index (χ3n) is 5.48.